The molecule has 0 saturated heterocycles. The van der Waals surface area contributed by atoms with Gasteiger partial charge in [0, 0.05) is 17.0 Å². The SMILES string of the molecule is COc1ccc2oc(=Nc3ccc(C(=O)O)cc3)c(C(=O)NCc3cccc(Cl)c3)cc2c1. The summed E-state index contributed by atoms with van der Waals surface area (Å²) < 4.78 is 11.2. The number of nitrogens with one attached hydrogen (secondary N) is 1. The molecule has 4 aromatic rings. The summed E-state index contributed by atoms with van der Waals surface area (Å²) in [6, 6.07) is 20.1. The summed E-state index contributed by atoms with van der Waals surface area (Å²) in [5.41, 5.74) is 2.26. The number of halogens is 1. The Morgan fingerprint density at radius 2 is 1.85 bits per heavy atom. The molecule has 0 fully saturated rings. The Morgan fingerprint density at radius 3 is 2.55 bits per heavy atom. The normalized spacial score (nSPS) is 11.4. The van der Waals surface area contributed by atoms with Gasteiger partial charge in [-0.05, 0) is 66.2 Å². The van der Waals surface area contributed by atoms with E-state index >= 15 is 0 Å². The molecule has 0 radical (unpaired) electrons. The minimum atomic E-state index is -1.04. The van der Waals surface area contributed by atoms with Crippen molar-refractivity contribution in [3.8, 4) is 5.75 Å². The third-order valence-corrected chi connectivity index (χ3v) is 5.12. The van der Waals surface area contributed by atoms with E-state index in [4.69, 9.17) is 25.9 Å². The van der Waals surface area contributed by atoms with Gasteiger partial charge in [0.05, 0.1) is 18.4 Å². The molecule has 1 heterocycles. The molecule has 1 amide bonds. The molecule has 0 aliphatic carbocycles. The van der Waals surface area contributed by atoms with E-state index in [1.54, 1.807) is 55.6 Å². The molecule has 0 aliphatic rings. The van der Waals surface area contributed by atoms with E-state index in [9.17, 15) is 9.59 Å². The fourth-order valence-electron chi connectivity index (χ4n) is 3.20. The fourth-order valence-corrected chi connectivity index (χ4v) is 3.41. The number of carboxylic acid groups (broad SMARTS) is 1. The number of hydrogen-bond donors (Lipinski definition) is 2. The summed E-state index contributed by atoms with van der Waals surface area (Å²) in [6.07, 6.45) is 0. The first-order chi connectivity index (χ1) is 15.9. The maximum atomic E-state index is 13.1. The van der Waals surface area contributed by atoms with Gasteiger partial charge in [0.25, 0.3) is 5.91 Å². The molecular weight excluding hydrogens is 444 g/mol. The van der Waals surface area contributed by atoms with Gasteiger partial charge in [-0.1, -0.05) is 23.7 Å². The summed E-state index contributed by atoms with van der Waals surface area (Å²) in [6.45, 7) is 0.266. The van der Waals surface area contributed by atoms with Crippen molar-refractivity contribution < 1.29 is 23.8 Å². The number of fused-ring (bicyclic) bond motifs is 1. The largest absolute Gasteiger partial charge is 0.497 e. The van der Waals surface area contributed by atoms with Crippen molar-refractivity contribution in [3.05, 3.63) is 100 Å². The van der Waals surface area contributed by atoms with Gasteiger partial charge >= 0.3 is 5.97 Å². The lowest BCUT2D eigenvalue weighted by atomic mass is 10.1. The zero-order valence-corrected chi connectivity index (χ0v) is 18.3. The molecule has 0 atom stereocenters. The van der Waals surface area contributed by atoms with E-state index in [1.165, 1.54) is 12.1 Å². The lowest BCUT2D eigenvalue weighted by molar-refractivity contribution is 0.0696. The molecule has 8 heteroatoms. The number of nitrogens with zero attached hydrogens (tertiary/aromatic N) is 1. The number of aromatic carboxylic acids is 1. The number of benzene rings is 3. The number of carbonyl (C=O) groups is 2. The first-order valence-corrected chi connectivity index (χ1v) is 10.3. The third-order valence-electron chi connectivity index (χ3n) is 4.89. The molecule has 0 aliphatic heterocycles. The topological polar surface area (TPSA) is 101 Å². The Bertz CT molecular complexity index is 1410. The van der Waals surface area contributed by atoms with Crippen molar-refractivity contribution >= 4 is 40.1 Å². The molecule has 7 nitrogen and oxygen atoms in total. The van der Waals surface area contributed by atoms with Crippen LogP contribution < -0.4 is 15.6 Å². The summed E-state index contributed by atoms with van der Waals surface area (Å²) in [4.78, 5) is 28.6. The molecule has 1 aromatic heterocycles. The average molecular weight is 463 g/mol. The molecule has 166 valence electrons. The Balaban J connectivity index is 1.75. The van der Waals surface area contributed by atoms with Crippen molar-refractivity contribution in [1.29, 1.82) is 0 Å². The molecular formula is C25H19ClN2O5. The van der Waals surface area contributed by atoms with Crippen LogP contribution in [-0.2, 0) is 6.54 Å². The van der Waals surface area contributed by atoms with Crippen LogP contribution in [0.5, 0.6) is 5.75 Å². The van der Waals surface area contributed by atoms with Crippen LogP contribution in [-0.4, -0.2) is 24.1 Å². The van der Waals surface area contributed by atoms with Gasteiger partial charge in [0.2, 0.25) is 5.55 Å². The van der Waals surface area contributed by atoms with Gasteiger partial charge in [0.15, 0.2) is 0 Å². The smallest absolute Gasteiger partial charge is 0.335 e. The Hall–Kier alpha value is -4.10. The molecule has 33 heavy (non-hydrogen) atoms. The number of amides is 1. The predicted molar refractivity (Wildman–Crippen MR) is 124 cm³/mol. The Kier molecular flexibility index (Phi) is 6.42. The van der Waals surface area contributed by atoms with Gasteiger partial charge in [-0.3, -0.25) is 4.79 Å². The highest BCUT2D eigenvalue weighted by Crippen LogP contribution is 2.21. The minimum absolute atomic E-state index is 0.0966. The monoisotopic (exact) mass is 462 g/mol. The van der Waals surface area contributed by atoms with Crippen LogP contribution in [0.25, 0.3) is 11.0 Å². The molecule has 3 aromatic carbocycles. The van der Waals surface area contributed by atoms with Crippen LogP contribution in [0.15, 0.2) is 82.2 Å². The van der Waals surface area contributed by atoms with Crippen LogP contribution in [0.2, 0.25) is 5.02 Å². The Morgan fingerprint density at radius 1 is 1.06 bits per heavy atom. The third kappa shape index (κ3) is 5.22. The number of hydrogen-bond acceptors (Lipinski definition) is 5. The fraction of sp³-hybridized carbons (Fsp3) is 0.0800. The number of rotatable bonds is 6. The standard InChI is InChI=1S/C25H19ClN2O5/c1-32-20-9-10-22-17(12-20)13-21(23(29)27-14-15-3-2-4-18(26)11-15)24(33-22)28-19-7-5-16(6-8-19)25(30)31/h2-13H,14H2,1H3,(H,27,29)(H,30,31). The summed E-state index contributed by atoms with van der Waals surface area (Å²) in [5, 5.41) is 13.2. The summed E-state index contributed by atoms with van der Waals surface area (Å²) in [5.74, 6) is -0.798. The first-order valence-electron chi connectivity index (χ1n) is 9.95. The van der Waals surface area contributed by atoms with Crippen molar-refractivity contribution in [2.75, 3.05) is 7.11 Å². The zero-order chi connectivity index (χ0) is 23.4. The van der Waals surface area contributed by atoms with Gasteiger partial charge in [0.1, 0.15) is 16.9 Å². The lowest BCUT2D eigenvalue weighted by Gasteiger charge is -2.08. The predicted octanol–water partition coefficient (Wildman–Crippen LogP) is 4.96. The Labute approximate surface area is 193 Å². The minimum Gasteiger partial charge on any atom is -0.497 e. The highest BCUT2D eigenvalue weighted by atomic mass is 35.5. The van der Waals surface area contributed by atoms with E-state index in [0.717, 1.165) is 5.56 Å². The molecule has 4 rings (SSSR count). The van der Waals surface area contributed by atoms with E-state index in [2.05, 4.69) is 10.3 Å². The van der Waals surface area contributed by atoms with Crippen molar-refractivity contribution in [2.45, 2.75) is 6.54 Å². The number of carbonyl (C=O) groups excluding carboxylic acids is 1. The number of methoxy groups -OCH3 is 1. The molecule has 0 unspecified atom stereocenters. The maximum Gasteiger partial charge on any atom is 0.335 e. The second-order valence-corrected chi connectivity index (χ2v) is 7.58. The van der Waals surface area contributed by atoms with Crippen LogP contribution in [0, 0.1) is 0 Å². The highest BCUT2D eigenvalue weighted by molar-refractivity contribution is 6.30. The van der Waals surface area contributed by atoms with Crippen LogP contribution in [0.4, 0.5) is 5.69 Å². The van der Waals surface area contributed by atoms with Gasteiger partial charge < -0.3 is 19.6 Å². The lowest BCUT2D eigenvalue weighted by Crippen LogP contribution is -2.28. The number of ether oxygens (including phenoxy) is 1. The molecule has 0 bridgehead atoms. The van der Waals surface area contributed by atoms with Crippen molar-refractivity contribution in [3.63, 3.8) is 0 Å². The van der Waals surface area contributed by atoms with E-state index in [-0.39, 0.29) is 29.1 Å². The van der Waals surface area contributed by atoms with Crippen molar-refractivity contribution in [1.82, 2.24) is 5.32 Å². The van der Waals surface area contributed by atoms with Gasteiger partial charge in [-0.2, -0.15) is 0 Å². The second-order valence-electron chi connectivity index (χ2n) is 7.15. The van der Waals surface area contributed by atoms with E-state index < -0.39 is 5.97 Å². The zero-order valence-electron chi connectivity index (χ0n) is 17.5. The van der Waals surface area contributed by atoms with E-state index in [1.807, 2.05) is 12.1 Å². The first kappa shape index (κ1) is 22.1. The van der Waals surface area contributed by atoms with Crippen LogP contribution in [0.1, 0.15) is 26.3 Å². The van der Waals surface area contributed by atoms with Crippen LogP contribution in [0.3, 0.4) is 0 Å². The molecule has 2 N–H and O–H groups in total. The maximum absolute atomic E-state index is 13.1. The highest BCUT2D eigenvalue weighted by Gasteiger charge is 2.14. The second kappa shape index (κ2) is 9.58. The average Bonchev–Trinajstić information content (AvgIpc) is 2.82. The van der Waals surface area contributed by atoms with Gasteiger partial charge in [-0.15, -0.1) is 0 Å². The van der Waals surface area contributed by atoms with Gasteiger partial charge in [-0.25, -0.2) is 9.79 Å². The summed E-state index contributed by atoms with van der Waals surface area (Å²) >= 11 is 6.03. The van der Waals surface area contributed by atoms with Crippen molar-refractivity contribution in [2.24, 2.45) is 4.99 Å². The quantitative estimate of drug-likeness (QED) is 0.422. The number of carboxylic acids is 1. The molecule has 0 spiro atoms. The van der Waals surface area contributed by atoms with E-state index in [0.29, 0.717) is 27.4 Å². The van der Waals surface area contributed by atoms with Crippen LogP contribution >= 0.6 is 11.6 Å². The summed E-state index contributed by atoms with van der Waals surface area (Å²) in [7, 11) is 1.56. The molecule has 0 saturated carbocycles.